The van der Waals surface area contributed by atoms with Gasteiger partial charge in [0.1, 0.15) is 0 Å². The monoisotopic (exact) mass is 170 g/mol. The van der Waals surface area contributed by atoms with Crippen molar-refractivity contribution in [3.8, 4) is 0 Å². The van der Waals surface area contributed by atoms with Crippen LogP contribution in [0.1, 0.15) is 13.3 Å². The van der Waals surface area contributed by atoms with Crippen LogP contribution in [0.15, 0.2) is 0 Å². The second-order valence-electron chi connectivity index (χ2n) is 2.41. The predicted molar refractivity (Wildman–Crippen MR) is 36.9 cm³/mol. The summed E-state index contributed by atoms with van der Waals surface area (Å²) in [5.41, 5.74) is 5.16. The van der Waals surface area contributed by atoms with Gasteiger partial charge < -0.3 is 0 Å². The molecule has 0 radical (unpaired) electrons. The van der Waals surface area contributed by atoms with Crippen molar-refractivity contribution in [3.63, 3.8) is 0 Å². The van der Waals surface area contributed by atoms with E-state index < -0.39 is 12.1 Å². The van der Waals surface area contributed by atoms with Crippen molar-refractivity contribution < 1.29 is 13.2 Å². The van der Waals surface area contributed by atoms with Crippen LogP contribution in [-0.2, 0) is 0 Å². The van der Waals surface area contributed by atoms with Crippen LogP contribution in [0.3, 0.4) is 0 Å². The Balaban J connectivity index is 3.44. The molecule has 0 aromatic rings. The van der Waals surface area contributed by atoms with Gasteiger partial charge >= 0.3 is 6.18 Å². The first-order valence-corrected chi connectivity index (χ1v) is 3.44. The van der Waals surface area contributed by atoms with Crippen LogP contribution in [0.5, 0.6) is 0 Å². The molecule has 0 spiro atoms. The van der Waals surface area contributed by atoms with Crippen molar-refractivity contribution in [2.24, 2.45) is 5.92 Å². The van der Waals surface area contributed by atoms with Gasteiger partial charge in [-0.25, -0.2) is 0 Å². The molecule has 0 aliphatic heterocycles. The standard InChI is InChI=1S/C6H13F3N2/c1-5(6(7,8)9)3-4-11-10-2/h5,10-11H,3-4H2,1-2H3. The van der Waals surface area contributed by atoms with E-state index in [1.54, 1.807) is 7.05 Å². The molecule has 0 aliphatic rings. The number of hydrogen-bond donors (Lipinski definition) is 2. The molecule has 68 valence electrons. The van der Waals surface area contributed by atoms with Crippen molar-refractivity contribution in [2.75, 3.05) is 13.6 Å². The second kappa shape index (κ2) is 4.56. The Hall–Kier alpha value is -0.290. The zero-order valence-electron chi connectivity index (χ0n) is 6.63. The Morgan fingerprint density at radius 1 is 1.36 bits per heavy atom. The maximum Gasteiger partial charge on any atom is 0.391 e. The van der Waals surface area contributed by atoms with Gasteiger partial charge in [-0.2, -0.15) is 13.2 Å². The molecule has 2 N–H and O–H groups in total. The summed E-state index contributed by atoms with van der Waals surface area (Å²) in [7, 11) is 1.62. The third-order valence-corrected chi connectivity index (χ3v) is 1.44. The average molecular weight is 170 g/mol. The van der Waals surface area contributed by atoms with E-state index in [9.17, 15) is 13.2 Å². The predicted octanol–water partition coefficient (Wildman–Crippen LogP) is 1.30. The van der Waals surface area contributed by atoms with Crippen molar-refractivity contribution in [1.82, 2.24) is 10.9 Å². The molecular weight excluding hydrogens is 157 g/mol. The fourth-order valence-electron chi connectivity index (χ4n) is 0.577. The van der Waals surface area contributed by atoms with Gasteiger partial charge in [-0.05, 0) is 13.5 Å². The van der Waals surface area contributed by atoms with Gasteiger partial charge in [-0.1, -0.05) is 6.92 Å². The molecule has 5 heteroatoms. The maximum atomic E-state index is 11.8. The lowest BCUT2D eigenvalue weighted by Crippen LogP contribution is -2.31. The summed E-state index contributed by atoms with van der Waals surface area (Å²) < 4.78 is 35.5. The minimum absolute atomic E-state index is 0.102. The largest absolute Gasteiger partial charge is 0.391 e. The lowest BCUT2D eigenvalue weighted by atomic mass is 10.1. The average Bonchev–Trinajstić information content (AvgIpc) is 1.86. The highest BCUT2D eigenvalue weighted by molar-refractivity contribution is 4.62. The summed E-state index contributed by atoms with van der Waals surface area (Å²) >= 11 is 0. The third kappa shape index (κ3) is 5.03. The van der Waals surface area contributed by atoms with Crippen molar-refractivity contribution in [3.05, 3.63) is 0 Å². The quantitative estimate of drug-likeness (QED) is 0.491. The van der Waals surface area contributed by atoms with Crippen LogP contribution >= 0.6 is 0 Å². The second-order valence-corrected chi connectivity index (χ2v) is 2.41. The number of rotatable bonds is 4. The summed E-state index contributed by atoms with van der Waals surface area (Å²) in [5.74, 6) is -1.23. The van der Waals surface area contributed by atoms with E-state index >= 15 is 0 Å². The van der Waals surface area contributed by atoms with Gasteiger partial charge in [0.2, 0.25) is 0 Å². The Labute approximate surface area is 64.1 Å². The first kappa shape index (κ1) is 10.7. The number of hydrazine groups is 1. The third-order valence-electron chi connectivity index (χ3n) is 1.44. The molecule has 0 fully saturated rings. The normalized spacial score (nSPS) is 15.0. The van der Waals surface area contributed by atoms with Crippen molar-refractivity contribution in [2.45, 2.75) is 19.5 Å². The van der Waals surface area contributed by atoms with E-state index in [1.807, 2.05) is 0 Å². The van der Waals surface area contributed by atoms with Crippen molar-refractivity contribution in [1.29, 1.82) is 0 Å². The zero-order chi connectivity index (χ0) is 8.91. The molecule has 1 atom stereocenters. The summed E-state index contributed by atoms with van der Waals surface area (Å²) in [5, 5.41) is 0. The lowest BCUT2D eigenvalue weighted by Gasteiger charge is -2.14. The summed E-state index contributed by atoms with van der Waals surface area (Å²) in [4.78, 5) is 0. The summed E-state index contributed by atoms with van der Waals surface area (Å²) in [6.07, 6.45) is -3.96. The fourth-order valence-corrected chi connectivity index (χ4v) is 0.577. The summed E-state index contributed by atoms with van der Waals surface area (Å²) in [6, 6.07) is 0. The van der Waals surface area contributed by atoms with Crippen LogP contribution in [0.25, 0.3) is 0 Å². The molecule has 0 heterocycles. The highest BCUT2D eigenvalue weighted by Gasteiger charge is 2.34. The van der Waals surface area contributed by atoms with Gasteiger partial charge in [-0.3, -0.25) is 10.9 Å². The maximum absolute atomic E-state index is 11.8. The van der Waals surface area contributed by atoms with E-state index in [-0.39, 0.29) is 6.42 Å². The minimum atomic E-state index is -4.06. The van der Waals surface area contributed by atoms with E-state index in [4.69, 9.17) is 0 Å². The van der Waals surface area contributed by atoms with Crippen LogP contribution < -0.4 is 10.9 Å². The Morgan fingerprint density at radius 3 is 2.27 bits per heavy atom. The SMILES string of the molecule is CNNCCC(C)C(F)(F)F. The molecule has 0 aromatic carbocycles. The number of alkyl halides is 3. The Morgan fingerprint density at radius 2 is 1.91 bits per heavy atom. The first-order valence-electron chi connectivity index (χ1n) is 3.44. The Kier molecular flexibility index (Phi) is 4.44. The molecule has 0 rings (SSSR count). The first-order chi connectivity index (χ1) is 4.98. The van der Waals surface area contributed by atoms with E-state index in [0.717, 1.165) is 0 Å². The molecule has 0 bridgehead atoms. The number of halogens is 3. The lowest BCUT2D eigenvalue weighted by molar-refractivity contribution is -0.170. The van der Waals surface area contributed by atoms with Gasteiger partial charge in [0, 0.05) is 6.54 Å². The minimum Gasteiger partial charge on any atom is -0.261 e. The molecular formula is C6H13F3N2. The molecule has 0 saturated heterocycles. The zero-order valence-corrected chi connectivity index (χ0v) is 6.63. The smallest absolute Gasteiger partial charge is 0.261 e. The van der Waals surface area contributed by atoms with Gasteiger partial charge in [0.05, 0.1) is 5.92 Å². The topological polar surface area (TPSA) is 24.1 Å². The summed E-state index contributed by atoms with van der Waals surface area (Å²) in [6.45, 7) is 1.51. The Bertz CT molecular complexity index is 102. The van der Waals surface area contributed by atoms with E-state index in [2.05, 4.69) is 10.9 Å². The molecule has 2 nitrogen and oxygen atoms in total. The molecule has 0 amide bonds. The van der Waals surface area contributed by atoms with Gasteiger partial charge in [0.25, 0.3) is 0 Å². The van der Waals surface area contributed by atoms with E-state index in [1.165, 1.54) is 6.92 Å². The molecule has 1 unspecified atom stereocenters. The molecule has 0 aromatic heterocycles. The number of hydrogen-bond acceptors (Lipinski definition) is 2. The fraction of sp³-hybridized carbons (Fsp3) is 1.00. The molecule has 0 aliphatic carbocycles. The number of nitrogens with one attached hydrogen (secondary N) is 2. The van der Waals surface area contributed by atoms with Gasteiger partial charge in [0.15, 0.2) is 0 Å². The molecule has 11 heavy (non-hydrogen) atoms. The van der Waals surface area contributed by atoms with Crippen LogP contribution in [0, 0.1) is 5.92 Å². The van der Waals surface area contributed by atoms with Crippen LogP contribution in [0.2, 0.25) is 0 Å². The molecule has 0 saturated carbocycles. The highest BCUT2D eigenvalue weighted by atomic mass is 19.4. The van der Waals surface area contributed by atoms with Crippen LogP contribution in [0.4, 0.5) is 13.2 Å². The van der Waals surface area contributed by atoms with Crippen LogP contribution in [-0.4, -0.2) is 19.8 Å². The van der Waals surface area contributed by atoms with Crippen molar-refractivity contribution >= 4 is 0 Å². The van der Waals surface area contributed by atoms with E-state index in [0.29, 0.717) is 6.54 Å². The highest BCUT2D eigenvalue weighted by Crippen LogP contribution is 2.27. The van der Waals surface area contributed by atoms with Gasteiger partial charge in [-0.15, -0.1) is 0 Å².